The molecule has 1 amide bonds. The van der Waals surface area contributed by atoms with Crippen LogP contribution in [0.4, 0.5) is 5.69 Å². The van der Waals surface area contributed by atoms with Crippen LogP contribution in [0.2, 0.25) is 0 Å². The number of carbonyl (C=O) groups is 1. The van der Waals surface area contributed by atoms with Crippen LogP contribution in [0.5, 0.6) is 17.2 Å². The van der Waals surface area contributed by atoms with E-state index in [2.05, 4.69) is 5.32 Å². The molecule has 1 heterocycles. The van der Waals surface area contributed by atoms with Gasteiger partial charge in [0.1, 0.15) is 17.4 Å². The van der Waals surface area contributed by atoms with Crippen molar-refractivity contribution >= 4 is 17.7 Å². The molecule has 0 bridgehead atoms. The molecule has 0 aromatic heterocycles. The molecule has 0 aliphatic carbocycles. The maximum absolute atomic E-state index is 12.4. The number of para-hydroxylation sites is 1. The normalized spacial score (nSPS) is 12.4. The van der Waals surface area contributed by atoms with E-state index in [9.17, 15) is 10.1 Å². The van der Waals surface area contributed by atoms with Crippen molar-refractivity contribution in [1.82, 2.24) is 0 Å². The number of aryl methyl sites for hydroxylation is 1. The highest BCUT2D eigenvalue weighted by molar-refractivity contribution is 6.10. The molecule has 0 fully saturated rings. The molecule has 1 N–H and O–H groups in total. The number of nitrogens with zero attached hydrogens (tertiary/aromatic N) is 1. The first-order chi connectivity index (χ1) is 12.1. The predicted octanol–water partition coefficient (Wildman–Crippen LogP) is 3.28. The first-order valence-corrected chi connectivity index (χ1v) is 7.59. The maximum Gasteiger partial charge on any atom is 0.266 e. The van der Waals surface area contributed by atoms with E-state index in [1.807, 2.05) is 31.2 Å². The Morgan fingerprint density at radius 3 is 2.68 bits per heavy atom. The van der Waals surface area contributed by atoms with Crippen LogP contribution in [0.15, 0.2) is 42.0 Å². The van der Waals surface area contributed by atoms with E-state index in [1.54, 1.807) is 18.2 Å². The minimum absolute atomic E-state index is 0.0413. The van der Waals surface area contributed by atoms with E-state index in [-0.39, 0.29) is 12.4 Å². The molecule has 0 saturated carbocycles. The molecular weight excluding hydrogens is 320 g/mol. The average Bonchev–Trinajstić information content (AvgIpc) is 3.07. The Labute approximate surface area is 145 Å². The Morgan fingerprint density at radius 1 is 1.28 bits per heavy atom. The van der Waals surface area contributed by atoms with Crippen LogP contribution in [-0.4, -0.2) is 19.8 Å². The summed E-state index contributed by atoms with van der Waals surface area (Å²) in [6.07, 6.45) is 1.47. The second-order valence-corrected chi connectivity index (χ2v) is 5.39. The van der Waals surface area contributed by atoms with E-state index in [1.165, 1.54) is 13.2 Å². The van der Waals surface area contributed by atoms with E-state index >= 15 is 0 Å². The number of fused-ring (bicyclic) bond motifs is 1. The van der Waals surface area contributed by atoms with Crippen molar-refractivity contribution in [3.05, 3.63) is 53.1 Å². The van der Waals surface area contributed by atoms with Crippen molar-refractivity contribution in [2.24, 2.45) is 0 Å². The van der Waals surface area contributed by atoms with Crippen LogP contribution in [0.25, 0.3) is 6.08 Å². The van der Waals surface area contributed by atoms with Gasteiger partial charge in [0, 0.05) is 17.3 Å². The highest BCUT2D eigenvalue weighted by Gasteiger charge is 2.18. The molecule has 0 radical (unpaired) electrons. The lowest BCUT2D eigenvalue weighted by Crippen LogP contribution is -2.14. The number of benzene rings is 2. The van der Waals surface area contributed by atoms with Gasteiger partial charge in [-0.15, -0.1) is 0 Å². The number of anilines is 1. The summed E-state index contributed by atoms with van der Waals surface area (Å²) < 4.78 is 15.9. The number of methoxy groups -OCH3 is 1. The van der Waals surface area contributed by atoms with Crippen molar-refractivity contribution in [2.75, 3.05) is 19.2 Å². The number of ether oxygens (including phenoxy) is 3. The maximum atomic E-state index is 12.4. The van der Waals surface area contributed by atoms with Gasteiger partial charge in [-0.2, -0.15) is 5.26 Å². The molecule has 2 aromatic carbocycles. The molecule has 0 saturated heterocycles. The molecule has 0 atom stereocenters. The molecule has 2 aromatic rings. The lowest BCUT2D eigenvalue weighted by Gasteiger charge is -2.09. The first-order valence-electron chi connectivity index (χ1n) is 7.59. The highest BCUT2D eigenvalue weighted by Crippen LogP contribution is 2.38. The molecule has 1 aliphatic rings. The largest absolute Gasteiger partial charge is 0.496 e. The quantitative estimate of drug-likeness (QED) is 0.684. The summed E-state index contributed by atoms with van der Waals surface area (Å²) in [7, 11) is 1.51. The second kappa shape index (κ2) is 6.97. The first kappa shape index (κ1) is 16.4. The lowest BCUT2D eigenvalue weighted by molar-refractivity contribution is -0.112. The Bertz CT molecular complexity index is 897. The van der Waals surface area contributed by atoms with Gasteiger partial charge in [0.05, 0.1) is 7.11 Å². The van der Waals surface area contributed by atoms with Gasteiger partial charge in [0.25, 0.3) is 5.91 Å². The van der Waals surface area contributed by atoms with Gasteiger partial charge in [-0.05, 0) is 30.7 Å². The van der Waals surface area contributed by atoms with Crippen molar-refractivity contribution in [3.8, 4) is 23.3 Å². The molecule has 6 heteroatoms. The Balaban J connectivity index is 1.92. The van der Waals surface area contributed by atoms with Gasteiger partial charge < -0.3 is 19.5 Å². The van der Waals surface area contributed by atoms with Gasteiger partial charge in [-0.25, -0.2) is 0 Å². The summed E-state index contributed by atoms with van der Waals surface area (Å²) in [6, 6.07) is 12.6. The van der Waals surface area contributed by atoms with Crippen LogP contribution in [0.3, 0.4) is 0 Å². The number of amides is 1. The van der Waals surface area contributed by atoms with E-state index in [4.69, 9.17) is 14.2 Å². The van der Waals surface area contributed by atoms with Gasteiger partial charge in [0.2, 0.25) is 6.79 Å². The Morgan fingerprint density at radius 2 is 2.00 bits per heavy atom. The van der Waals surface area contributed by atoms with Crippen LogP contribution in [-0.2, 0) is 4.79 Å². The van der Waals surface area contributed by atoms with Crippen molar-refractivity contribution in [3.63, 3.8) is 0 Å². The third-order valence-corrected chi connectivity index (χ3v) is 3.78. The summed E-state index contributed by atoms with van der Waals surface area (Å²) in [6.45, 7) is 2.01. The molecule has 126 valence electrons. The number of hydrogen-bond acceptors (Lipinski definition) is 5. The van der Waals surface area contributed by atoms with Gasteiger partial charge >= 0.3 is 0 Å². The van der Waals surface area contributed by atoms with Crippen LogP contribution < -0.4 is 19.5 Å². The SMILES string of the molecule is COc1cc2c(cc1/C=C(\C#N)C(=O)Nc1ccccc1C)OCO2. The molecule has 3 rings (SSSR count). The summed E-state index contributed by atoms with van der Waals surface area (Å²) >= 11 is 0. The van der Waals surface area contributed by atoms with E-state index < -0.39 is 5.91 Å². The zero-order chi connectivity index (χ0) is 17.8. The summed E-state index contributed by atoms with van der Waals surface area (Å²) in [5, 5.41) is 12.1. The number of rotatable bonds is 4. The number of nitrogens with one attached hydrogen (secondary N) is 1. The van der Waals surface area contributed by atoms with Crippen molar-refractivity contribution in [1.29, 1.82) is 5.26 Å². The van der Waals surface area contributed by atoms with Gasteiger partial charge in [-0.1, -0.05) is 18.2 Å². The third-order valence-electron chi connectivity index (χ3n) is 3.78. The van der Waals surface area contributed by atoms with Crippen LogP contribution >= 0.6 is 0 Å². The summed E-state index contributed by atoms with van der Waals surface area (Å²) in [5.74, 6) is 1.11. The molecule has 25 heavy (non-hydrogen) atoms. The minimum atomic E-state index is -0.489. The molecular formula is C19H16N2O4. The fraction of sp³-hybridized carbons (Fsp3) is 0.158. The molecule has 0 unspecified atom stereocenters. The van der Waals surface area contributed by atoms with Gasteiger partial charge in [0.15, 0.2) is 11.5 Å². The number of nitriles is 1. The standard InChI is InChI=1S/C19H16N2O4/c1-12-5-3-4-6-15(12)21-19(22)14(10-20)7-13-8-17-18(25-11-24-17)9-16(13)23-2/h3-9H,11H2,1-2H3,(H,21,22)/b14-7+. The zero-order valence-corrected chi connectivity index (χ0v) is 13.8. The topological polar surface area (TPSA) is 80.6 Å². The second-order valence-electron chi connectivity index (χ2n) is 5.39. The predicted molar refractivity (Wildman–Crippen MR) is 92.5 cm³/mol. The van der Waals surface area contributed by atoms with Crippen LogP contribution in [0.1, 0.15) is 11.1 Å². The molecule has 1 aliphatic heterocycles. The monoisotopic (exact) mass is 336 g/mol. The van der Waals surface area contributed by atoms with Crippen molar-refractivity contribution < 1.29 is 19.0 Å². The Hall–Kier alpha value is -3.46. The summed E-state index contributed by atoms with van der Waals surface area (Å²) in [4.78, 5) is 12.4. The lowest BCUT2D eigenvalue weighted by atomic mass is 10.1. The molecule has 0 spiro atoms. The van der Waals surface area contributed by atoms with Gasteiger partial charge in [-0.3, -0.25) is 4.79 Å². The fourth-order valence-corrected chi connectivity index (χ4v) is 2.44. The zero-order valence-electron chi connectivity index (χ0n) is 13.8. The summed E-state index contributed by atoms with van der Waals surface area (Å²) in [5.41, 5.74) is 2.09. The fourth-order valence-electron chi connectivity index (χ4n) is 2.44. The van der Waals surface area contributed by atoms with E-state index in [0.717, 1.165) is 5.56 Å². The van der Waals surface area contributed by atoms with Crippen molar-refractivity contribution in [2.45, 2.75) is 6.92 Å². The van der Waals surface area contributed by atoms with E-state index in [0.29, 0.717) is 28.5 Å². The minimum Gasteiger partial charge on any atom is -0.496 e. The third kappa shape index (κ3) is 3.40. The Kier molecular flexibility index (Phi) is 4.57. The average molecular weight is 336 g/mol. The number of hydrogen-bond donors (Lipinski definition) is 1. The smallest absolute Gasteiger partial charge is 0.266 e. The van der Waals surface area contributed by atoms with Crippen LogP contribution in [0, 0.1) is 18.3 Å². The number of carbonyl (C=O) groups excluding carboxylic acids is 1. The highest BCUT2D eigenvalue weighted by atomic mass is 16.7. The molecule has 6 nitrogen and oxygen atoms in total.